The van der Waals surface area contributed by atoms with E-state index in [-0.39, 0.29) is 12.4 Å². The van der Waals surface area contributed by atoms with Gasteiger partial charge in [-0.05, 0) is 33.3 Å². The van der Waals surface area contributed by atoms with Crippen molar-refractivity contribution in [2.45, 2.75) is 45.1 Å². The highest BCUT2D eigenvalue weighted by atomic mass is 32.2. The maximum atomic E-state index is 12.5. The number of nitrogens with zero attached hydrogens (tertiary/aromatic N) is 1. The van der Waals surface area contributed by atoms with E-state index in [1.807, 2.05) is 30.3 Å². The highest BCUT2D eigenvalue weighted by Crippen LogP contribution is 2.14. The third-order valence-electron chi connectivity index (χ3n) is 3.17. The highest BCUT2D eigenvalue weighted by Gasteiger charge is 2.24. The minimum Gasteiger partial charge on any atom is -0.460 e. The Balaban J connectivity index is 2.74. The van der Waals surface area contributed by atoms with Crippen LogP contribution in [0, 0.1) is 0 Å². The number of hydrogen-bond donors (Lipinski definition) is 3. The van der Waals surface area contributed by atoms with E-state index < -0.39 is 35.4 Å². The number of nitrogens with one attached hydrogen (secondary N) is 2. The molecular weight excluding hydrogens is 396 g/mol. The van der Waals surface area contributed by atoms with E-state index in [0.717, 1.165) is 5.56 Å². The molecule has 0 heterocycles. The number of thioether (sulfide) groups is 1. The van der Waals surface area contributed by atoms with Gasteiger partial charge < -0.3 is 20.5 Å². The quantitative estimate of drug-likeness (QED) is 0.251. The third kappa shape index (κ3) is 10.4. The molecule has 0 fully saturated rings. The largest absolute Gasteiger partial charge is 0.460 e. The van der Waals surface area contributed by atoms with Crippen LogP contribution < -0.4 is 16.5 Å². The second-order valence-corrected chi connectivity index (χ2v) is 7.92. The first-order chi connectivity index (χ1) is 13.6. The van der Waals surface area contributed by atoms with Crippen LogP contribution in [0.3, 0.4) is 0 Å². The molecule has 0 bridgehead atoms. The van der Waals surface area contributed by atoms with Crippen molar-refractivity contribution in [2.24, 2.45) is 10.8 Å². The number of amides is 2. The first-order valence-electron chi connectivity index (χ1n) is 9.03. The van der Waals surface area contributed by atoms with Crippen LogP contribution in [0.15, 0.2) is 35.4 Å². The number of nitrogens with two attached hydrogens (primary N) is 1. The summed E-state index contributed by atoms with van der Waals surface area (Å²) in [4.78, 5) is 36.0. The monoisotopic (exact) mass is 424 g/mol. The molecule has 0 aromatic heterocycles. The van der Waals surface area contributed by atoms with Gasteiger partial charge in [-0.2, -0.15) is 11.8 Å². The van der Waals surface area contributed by atoms with Gasteiger partial charge in [-0.1, -0.05) is 30.3 Å². The predicted octanol–water partition coefficient (Wildman–Crippen LogP) is 1.76. The molecule has 1 atom stereocenters. The van der Waals surface area contributed by atoms with Gasteiger partial charge in [-0.25, -0.2) is 15.0 Å². The Bertz CT molecular complexity index is 719. The summed E-state index contributed by atoms with van der Waals surface area (Å²) >= 11 is 1.45. The van der Waals surface area contributed by atoms with E-state index in [9.17, 15) is 14.4 Å². The summed E-state index contributed by atoms with van der Waals surface area (Å²) in [5.74, 6) is -1.07. The molecule has 0 unspecified atom stereocenters. The first kappa shape index (κ1) is 24.3. The molecule has 0 aliphatic carbocycles. The van der Waals surface area contributed by atoms with E-state index in [1.165, 1.54) is 11.8 Å². The summed E-state index contributed by atoms with van der Waals surface area (Å²) in [5, 5.41) is 6.05. The predicted molar refractivity (Wildman–Crippen MR) is 112 cm³/mol. The third-order valence-corrected chi connectivity index (χ3v) is 4.28. The number of hydrogen-bond acceptors (Lipinski definition) is 7. The summed E-state index contributed by atoms with van der Waals surface area (Å²) in [6.45, 7) is 6.90. The molecule has 0 saturated heterocycles. The van der Waals surface area contributed by atoms with Crippen molar-refractivity contribution in [1.29, 1.82) is 0 Å². The number of carbonyl (C=O) groups excluding carboxylic acids is 3. The van der Waals surface area contributed by atoms with Crippen molar-refractivity contribution in [3.05, 3.63) is 35.9 Å². The highest BCUT2D eigenvalue weighted by molar-refractivity contribution is 7.98. The van der Waals surface area contributed by atoms with Crippen LogP contribution in [0.2, 0.25) is 0 Å². The molecule has 2 amide bonds. The van der Waals surface area contributed by atoms with E-state index in [4.69, 9.17) is 10.5 Å². The Kier molecular flexibility index (Phi) is 10.0. The lowest BCUT2D eigenvalue weighted by Gasteiger charge is -2.22. The lowest BCUT2D eigenvalue weighted by molar-refractivity contribution is -0.135. The molecule has 4 N–H and O–H groups in total. The number of carbonyl (C=O) groups is 3. The van der Waals surface area contributed by atoms with Gasteiger partial charge in [0.2, 0.25) is 5.84 Å². The summed E-state index contributed by atoms with van der Waals surface area (Å²) in [5.41, 5.74) is 8.00. The fourth-order valence-electron chi connectivity index (χ4n) is 1.95. The van der Waals surface area contributed by atoms with Crippen LogP contribution >= 0.6 is 11.8 Å². The van der Waals surface area contributed by atoms with Gasteiger partial charge in [0, 0.05) is 11.5 Å². The zero-order valence-corrected chi connectivity index (χ0v) is 17.9. The van der Waals surface area contributed by atoms with Crippen LogP contribution in [0.1, 0.15) is 33.3 Å². The topological polar surface area (TPSA) is 132 Å². The Morgan fingerprint density at radius 1 is 1.21 bits per heavy atom. The second-order valence-electron chi connectivity index (χ2n) is 6.89. The standard InChI is InChI=1S/C19H28N4O5S/c1-5-27-17(25)15(20)22-23-16(24)14(21-18(26)28-19(2,3)4)12-29-11-13-9-7-6-8-10-13/h6-10,14H,5,11-12H2,1-4H3,(H2,20,22)(H,21,26)(H,23,24)/t14-/m0/s1. The minimum atomic E-state index is -0.947. The lowest BCUT2D eigenvalue weighted by atomic mass is 10.2. The summed E-state index contributed by atoms with van der Waals surface area (Å²) in [6, 6.07) is 8.75. The number of benzene rings is 1. The number of amidine groups is 1. The molecule has 0 saturated carbocycles. The smallest absolute Gasteiger partial charge is 0.408 e. The fraction of sp³-hybridized carbons (Fsp3) is 0.474. The maximum Gasteiger partial charge on any atom is 0.408 e. The van der Waals surface area contributed by atoms with Crippen LogP contribution in [-0.4, -0.2) is 47.8 Å². The average Bonchev–Trinajstić information content (AvgIpc) is 2.64. The molecule has 1 rings (SSSR count). The van der Waals surface area contributed by atoms with Crippen LogP contribution in [0.25, 0.3) is 0 Å². The summed E-state index contributed by atoms with van der Waals surface area (Å²) in [7, 11) is 0. The summed E-state index contributed by atoms with van der Waals surface area (Å²) in [6.07, 6.45) is -0.736. The van der Waals surface area contributed by atoms with E-state index in [1.54, 1.807) is 27.7 Å². The van der Waals surface area contributed by atoms with Crippen molar-refractivity contribution in [2.75, 3.05) is 12.4 Å². The maximum absolute atomic E-state index is 12.5. The number of hydrazone groups is 1. The molecule has 29 heavy (non-hydrogen) atoms. The second kappa shape index (κ2) is 11.9. The van der Waals surface area contributed by atoms with Gasteiger partial charge in [0.25, 0.3) is 5.91 Å². The molecule has 1 aromatic carbocycles. The van der Waals surface area contributed by atoms with Crippen molar-refractivity contribution in [3.63, 3.8) is 0 Å². The molecule has 0 aliphatic heterocycles. The number of rotatable bonds is 8. The van der Waals surface area contributed by atoms with Crippen LogP contribution in [-0.2, 0) is 24.8 Å². The van der Waals surface area contributed by atoms with Gasteiger partial charge >= 0.3 is 12.1 Å². The Labute approximate surface area is 174 Å². The normalized spacial score (nSPS) is 12.6. The molecule has 0 radical (unpaired) electrons. The molecule has 10 heteroatoms. The van der Waals surface area contributed by atoms with Crippen molar-refractivity contribution in [1.82, 2.24) is 10.7 Å². The minimum absolute atomic E-state index is 0.127. The number of alkyl carbamates (subject to hydrolysis) is 1. The number of ether oxygens (including phenoxy) is 2. The van der Waals surface area contributed by atoms with Crippen LogP contribution in [0.5, 0.6) is 0 Å². The zero-order valence-electron chi connectivity index (χ0n) is 17.1. The van der Waals surface area contributed by atoms with Gasteiger partial charge in [-0.15, -0.1) is 5.10 Å². The van der Waals surface area contributed by atoms with Gasteiger partial charge in [0.15, 0.2) is 0 Å². The summed E-state index contributed by atoms with van der Waals surface area (Å²) < 4.78 is 9.89. The lowest BCUT2D eigenvalue weighted by Crippen LogP contribution is -2.49. The van der Waals surface area contributed by atoms with Gasteiger partial charge in [0.05, 0.1) is 6.61 Å². The van der Waals surface area contributed by atoms with E-state index in [2.05, 4.69) is 20.6 Å². The molecule has 1 aromatic rings. The van der Waals surface area contributed by atoms with Gasteiger partial charge in [-0.3, -0.25) is 4.79 Å². The Morgan fingerprint density at radius 3 is 2.45 bits per heavy atom. The Morgan fingerprint density at radius 2 is 1.86 bits per heavy atom. The van der Waals surface area contributed by atoms with E-state index in [0.29, 0.717) is 5.75 Å². The van der Waals surface area contributed by atoms with Crippen LogP contribution in [0.4, 0.5) is 4.79 Å². The van der Waals surface area contributed by atoms with Crippen molar-refractivity contribution < 1.29 is 23.9 Å². The fourth-order valence-corrected chi connectivity index (χ4v) is 2.96. The number of esters is 1. The van der Waals surface area contributed by atoms with E-state index >= 15 is 0 Å². The van der Waals surface area contributed by atoms with Crippen molar-refractivity contribution in [3.8, 4) is 0 Å². The molecule has 160 valence electrons. The molecule has 0 spiro atoms. The zero-order chi connectivity index (χ0) is 21.9. The van der Waals surface area contributed by atoms with Gasteiger partial charge in [0.1, 0.15) is 11.6 Å². The SMILES string of the molecule is CCOC(=O)/C(N)=N/NC(=O)[C@H](CSCc1ccccc1)NC(=O)OC(C)(C)C. The van der Waals surface area contributed by atoms with Crippen molar-refractivity contribution >= 4 is 35.6 Å². The average molecular weight is 425 g/mol. The Hall–Kier alpha value is -2.75. The molecule has 9 nitrogen and oxygen atoms in total. The molecule has 0 aliphatic rings. The first-order valence-corrected chi connectivity index (χ1v) is 10.2. The molecular formula is C19H28N4O5S.